The van der Waals surface area contributed by atoms with Gasteiger partial charge in [0, 0.05) is 11.4 Å². The van der Waals surface area contributed by atoms with Gasteiger partial charge in [-0.1, -0.05) is 29.8 Å². The van der Waals surface area contributed by atoms with E-state index >= 15 is 0 Å². The summed E-state index contributed by atoms with van der Waals surface area (Å²) in [6.45, 7) is 5.54. The normalized spacial score (nSPS) is 11.2. The minimum Gasteiger partial charge on any atom is -0.374 e. The van der Waals surface area contributed by atoms with Crippen LogP contribution in [0.1, 0.15) is 23.6 Å². The molecule has 0 saturated heterocycles. The molecule has 26 heavy (non-hydrogen) atoms. The summed E-state index contributed by atoms with van der Waals surface area (Å²) in [5.74, 6) is -0.437. The van der Waals surface area contributed by atoms with Gasteiger partial charge in [-0.15, -0.1) is 0 Å². The molecule has 2 aromatic carbocycles. The summed E-state index contributed by atoms with van der Waals surface area (Å²) >= 11 is 0. The zero-order valence-corrected chi connectivity index (χ0v) is 15.1. The number of nitrogens with zero attached hydrogens (tertiary/aromatic N) is 1. The maximum Gasteiger partial charge on any atom is 0.325 e. The van der Waals surface area contributed by atoms with Crippen molar-refractivity contribution >= 4 is 23.3 Å². The maximum atomic E-state index is 12.2. The third-order valence-corrected chi connectivity index (χ3v) is 3.88. The molecule has 0 radical (unpaired) electrons. The van der Waals surface area contributed by atoms with E-state index in [2.05, 4.69) is 22.0 Å². The number of aryl methyl sites for hydroxylation is 2. The lowest BCUT2D eigenvalue weighted by Gasteiger charge is -2.16. The first-order valence-electron chi connectivity index (χ1n) is 8.30. The Morgan fingerprint density at radius 3 is 2.42 bits per heavy atom. The van der Waals surface area contributed by atoms with E-state index in [1.165, 1.54) is 0 Å². The van der Waals surface area contributed by atoms with Gasteiger partial charge < -0.3 is 10.6 Å². The van der Waals surface area contributed by atoms with Crippen molar-refractivity contribution in [2.45, 2.75) is 33.2 Å². The van der Waals surface area contributed by atoms with Crippen LogP contribution < -0.4 is 16.0 Å². The van der Waals surface area contributed by atoms with Crippen LogP contribution in [0, 0.1) is 25.2 Å². The number of hydrogen-bond donors (Lipinski definition) is 3. The molecule has 3 N–H and O–H groups in total. The maximum absolute atomic E-state index is 12.2. The van der Waals surface area contributed by atoms with Crippen LogP contribution in [-0.2, 0) is 11.2 Å². The number of rotatable bonds is 5. The molecule has 2 rings (SSSR count). The van der Waals surface area contributed by atoms with Crippen molar-refractivity contribution < 1.29 is 9.59 Å². The third kappa shape index (κ3) is 5.35. The van der Waals surface area contributed by atoms with Gasteiger partial charge in [-0.05, 0) is 50.1 Å². The largest absolute Gasteiger partial charge is 0.374 e. The van der Waals surface area contributed by atoms with E-state index in [0.717, 1.165) is 22.4 Å². The fourth-order valence-electron chi connectivity index (χ4n) is 2.45. The van der Waals surface area contributed by atoms with Gasteiger partial charge in [0.2, 0.25) is 5.91 Å². The van der Waals surface area contributed by atoms with Crippen LogP contribution in [0.25, 0.3) is 0 Å². The minimum absolute atomic E-state index is 0.342. The van der Waals surface area contributed by atoms with E-state index in [1.54, 1.807) is 25.1 Å². The molecule has 1 atom stereocenters. The Hall–Kier alpha value is -3.33. The Balaban J connectivity index is 1.89. The topological polar surface area (TPSA) is 94.0 Å². The molecule has 1 unspecified atom stereocenters. The Kier molecular flexibility index (Phi) is 6.34. The van der Waals surface area contributed by atoms with Crippen LogP contribution in [0.3, 0.4) is 0 Å². The molecule has 0 spiro atoms. The molecule has 0 aliphatic heterocycles. The standard InChI is InChI=1S/C20H22N4O2/c1-13-4-9-18(14(2)12-13)23-20(26)24-19(25)15(3)22-17-7-5-16(6-8-17)10-11-21/h4-9,12,15,22H,10H2,1-3H3,(H2,23,24,25,26). The van der Waals surface area contributed by atoms with Gasteiger partial charge in [-0.25, -0.2) is 4.79 Å². The van der Waals surface area contributed by atoms with E-state index in [4.69, 9.17) is 5.26 Å². The van der Waals surface area contributed by atoms with Crippen LogP contribution in [0.2, 0.25) is 0 Å². The van der Waals surface area contributed by atoms with E-state index < -0.39 is 18.0 Å². The van der Waals surface area contributed by atoms with Gasteiger partial charge in [0.25, 0.3) is 0 Å². The Bertz CT molecular complexity index is 838. The van der Waals surface area contributed by atoms with Crippen molar-refractivity contribution in [3.63, 3.8) is 0 Å². The number of nitriles is 1. The van der Waals surface area contributed by atoms with E-state index in [0.29, 0.717) is 12.1 Å². The molecule has 6 nitrogen and oxygen atoms in total. The van der Waals surface area contributed by atoms with Crippen molar-refractivity contribution in [2.24, 2.45) is 0 Å². The summed E-state index contributed by atoms with van der Waals surface area (Å²) in [6.07, 6.45) is 0.342. The average molecular weight is 350 g/mol. The summed E-state index contributed by atoms with van der Waals surface area (Å²) in [6, 6.07) is 13.8. The van der Waals surface area contributed by atoms with Gasteiger partial charge >= 0.3 is 6.03 Å². The zero-order chi connectivity index (χ0) is 19.1. The molecule has 0 aliphatic carbocycles. The number of anilines is 2. The third-order valence-electron chi connectivity index (χ3n) is 3.88. The number of carbonyl (C=O) groups excluding carboxylic acids is 2. The van der Waals surface area contributed by atoms with Crippen molar-refractivity contribution in [2.75, 3.05) is 10.6 Å². The second kappa shape index (κ2) is 8.67. The summed E-state index contributed by atoms with van der Waals surface area (Å²) < 4.78 is 0. The van der Waals surface area contributed by atoms with E-state index in [-0.39, 0.29) is 0 Å². The van der Waals surface area contributed by atoms with Gasteiger partial charge in [0.05, 0.1) is 12.5 Å². The minimum atomic E-state index is -0.596. The first kappa shape index (κ1) is 19.0. The lowest BCUT2D eigenvalue weighted by molar-refractivity contribution is -0.120. The number of nitrogens with one attached hydrogen (secondary N) is 3. The van der Waals surface area contributed by atoms with Crippen LogP contribution in [0.5, 0.6) is 0 Å². The monoisotopic (exact) mass is 350 g/mol. The molecule has 0 aromatic heterocycles. The summed E-state index contributed by atoms with van der Waals surface area (Å²) in [4.78, 5) is 24.2. The first-order valence-corrected chi connectivity index (χ1v) is 8.30. The summed E-state index contributed by atoms with van der Waals surface area (Å²) in [7, 11) is 0. The van der Waals surface area contributed by atoms with Crippen LogP contribution in [0.4, 0.5) is 16.2 Å². The predicted molar refractivity (Wildman–Crippen MR) is 102 cm³/mol. The number of carbonyl (C=O) groups is 2. The molecule has 3 amide bonds. The predicted octanol–water partition coefficient (Wildman–Crippen LogP) is 3.52. The number of imide groups is 1. The number of hydrogen-bond acceptors (Lipinski definition) is 4. The SMILES string of the molecule is Cc1ccc(NC(=O)NC(=O)C(C)Nc2ccc(CC#N)cc2)c(C)c1. The molecular weight excluding hydrogens is 328 g/mol. The second-order valence-corrected chi connectivity index (χ2v) is 6.16. The Labute approximate surface area is 153 Å². The summed E-state index contributed by atoms with van der Waals surface area (Å²) in [5, 5.41) is 16.7. The Morgan fingerprint density at radius 1 is 1.12 bits per heavy atom. The van der Waals surface area contributed by atoms with Crippen molar-refractivity contribution in [3.05, 3.63) is 59.2 Å². The highest BCUT2D eigenvalue weighted by Gasteiger charge is 2.16. The molecular formula is C20H22N4O2. The summed E-state index contributed by atoms with van der Waals surface area (Å²) in [5.41, 5.74) is 4.33. The lowest BCUT2D eigenvalue weighted by Crippen LogP contribution is -2.43. The van der Waals surface area contributed by atoms with Gasteiger partial charge in [-0.3, -0.25) is 10.1 Å². The van der Waals surface area contributed by atoms with Crippen molar-refractivity contribution in [1.82, 2.24) is 5.32 Å². The lowest BCUT2D eigenvalue weighted by atomic mass is 10.1. The quantitative estimate of drug-likeness (QED) is 0.769. The molecule has 0 aliphatic rings. The highest BCUT2D eigenvalue weighted by Crippen LogP contribution is 2.16. The molecule has 6 heteroatoms. The highest BCUT2D eigenvalue weighted by molar-refractivity contribution is 6.03. The van der Waals surface area contributed by atoms with Crippen molar-refractivity contribution in [1.29, 1.82) is 5.26 Å². The molecule has 0 heterocycles. The highest BCUT2D eigenvalue weighted by atomic mass is 16.2. The van der Waals surface area contributed by atoms with Gasteiger partial charge in [0.15, 0.2) is 0 Å². The zero-order valence-electron chi connectivity index (χ0n) is 15.1. The number of urea groups is 1. The number of benzene rings is 2. The second-order valence-electron chi connectivity index (χ2n) is 6.16. The van der Waals surface area contributed by atoms with Gasteiger partial charge in [-0.2, -0.15) is 5.26 Å². The fourth-order valence-corrected chi connectivity index (χ4v) is 2.45. The average Bonchev–Trinajstić information content (AvgIpc) is 2.59. The molecule has 0 bridgehead atoms. The van der Waals surface area contributed by atoms with Crippen molar-refractivity contribution in [3.8, 4) is 6.07 Å². The fraction of sp³-hybridized carbons (Fsp3) is 0.250. The van der Waals surface area contributed by atoms with Gasteiger partial charge in [0.1, 0.15) is 6.04 Å². The van der Waals surface area contributed by atoms with E-state index in [9.17, 15) is 9.59 Å². The first-order chi connectivity index (χ1) is 12.4. The smallest absolute Gasteiger partial charge is 0.325 e. The Morgan fingerprint density at radius 2 is 1.81 bits per heavy atom. The molecule has 0 saturated carbocycles. The van der Waals surface area contributed by atoms with Crippen LogP contribution in [-0.4, -0.2) is 18.0 Å². The molecule has 2 aromatic rings. The van der Waals surface area contributed by atoms with Crippen LogP contribution >= 0.6 is 0 Å². The van der Waals surface area contributed by atoms with Crippen LogP contribution in [0.15, 0.2) is 42.5 Å². The number of amides is 3. The molecule has 134 valence electrons. The molecule has 0 fully saturated rings. The van der Waals surface area contributed by atoms with E-state index in [1.807, 2.05) is 38.1 Å².